The van der Waals surface area contributed by atoms with Crippen molar-refractivity contribution in [3.8, 4) is 5.75 Å². The molecular formula is C21H30N4O. The van der Waals surface area contributed by atoms with Crippen molar-refractivity contribution in [2.24, 2.45) is 0 Å². The summed E-state index contributed by atoms with van der Waals surface area (Å²) in [6.07, 6.45) is 6.02. The number of likely N-dealkylation sites (tertiary alicyclic amines) is 1. The molecule has 5 nitrogen and oxygen atoms in total. The van der Waals surface area contributed by atoms with Crippen LogP contribution in [0.4, 0.5) is 11.5 Å². The van der Waals surface area contributed by atoms with Gasteiger partial charge in [0.05, 0.1) is 17.8 Å². The van der Waals surface area contributed by atoms with Gasteiger partial charge in [0.15, 0.2) is 0 Å². The highest BCUT2D eigenvalue weighted by molar-refractivity contribution is 5.97. The smallest absolute Gasteiger partial charge is 0.131 e. The number of nitrogens with one attached hydrogen (secondary N) is 2. The molecule has 1 aromatic heterocycles. The molecule has 2 aromatic rings. The zero-order valence-corrected chi connectivity index (χ0v) is 16.0. The number of nitrogens with zero attached hydrogens (tertiary/aromatic N) is 2. The average molecular weight is 354 g/mol. The van der Waals surface area contributed by atoms with Crippen molar-refractivity contribution in [2.45, 2.75) is 39.0 Å². The van der Waals surface area contributed by atoms with Gasteiger partial charge in [0.2, 0.25) is 0 Å². The molecule has 0 radical (unpaired) electrons. The third-order valence-corrected chi connectivity index (χ3v) is 5.60. The average Bonchev–Trinajstić information content (AvgIpc) is 3.18. The fourth-order valence-electron chi connectivity index (χ4n) is 4.20. The number of rotatable bonds is 6. The van der Waals surface area contributed by atoms with Gasteiger partial charge in [-0.3, -0.25) is 0 Å². The monoisotopic (exact) mass is 354 g/mol. The first-order chi connectivity index (χ1) is 12.8. The third-order valence-electron chi connectivity index (χ3n) is 5.60. The second-order valence-electron chi connectivity index (χ2n) is 7.48. The van der Waals surface area contributed by atoms with Crippen LogP contribution in [0.2, 0.25) is 0 Å². The van der Waals surface area contributed by atoms with Crippen LogP contribution in [-0.4, -0.2) is 49.7 Å². The summed E-state index contributed by atoms with van der Waals surface area (Å²) in [5.41, 5.74) is 4.74. The number of fused-ring (bicyclic) bond motifs is 3. The predicted octanol–water partition coefficient (Wildman–Crippen LogP) is 3.81. The van der Waals surface area contributed by atoms with Gasteiger partial charge in [0, 0.05) is 37.2 Å². The third kappa shape index (κ3) is 3.45. The maximum atomic E-state index is 6.11. The summed E-state index contributed by atoms with van der Waals surface area (Å²) in [4.78, 5) is 7.40. The van der Waals surface area contributed by atoms with Crippen LogP contribution in [-0.2, 0) is 6.42 Å². The standard InChI is InChI=1S/C21H30N4O/c1-15-13-17-18(24-21(22-2)16-7-5-8-23-20(16)17)14-19(15)26-12-6-11-25-9-3-4-10-25/h13-14,23H,3-12H2,1-2H3,(H,22,24). The summed E-state index contributed by atoms with van der Waals surface area (Å²) in [5, 5.41) is 8.06. The highest BCUT2D eigenvalue weighted by Gasteiger charge is 2.19. The Hall–Kier alpha value is -2.01. The lowest BCUT2D eigenvalue weighted by molar-refractivity contribution is 0.262. The van der Waals surface area contributed by atoms with Crippen molar-refractivity contribution in [1.82, 2.24) is 9.88 Å². The molecule has 4 rings (SSSR count). The van der Waals surface area contributed by atoms with E-state index in [0.717, 1.165) is 56.0 Å². The van der Waals surface area contributed by atoms with Gasteiger partial charge in [-0.1, -0.05) is 0 Å². The van der Waals surface area contributed by atoms with Gasteiger partial charge in [0.25, 0.3) is 0 Å². The Labute approximate surface area is 156 Å². The fourth-order valence-corrected chi connectivity index (χ4v) is 4.20. The Morgan fingerprint density at radius 1 is 1.23 bits per heavy atom. The molecule has 0 aliphatic carbocycles. The maximum Gasteiger partial charge on any atom is 0.131 e. The molecule has 1 fully saturated rings. The molecule has 2 aliphatic rings. The van der Waals surface area contributed by atoms with E-state index in [0.29, 0.717) is 0 Å². The molecule has 1 aromatic carbocycles. The molecule has 2 aliphatic heterocycles. The van der Waals surface area contributed by atoms with E-state index in [2.05, 4.69) is 34.6 Å². The minimum Gasteiger partial charge on any atom is -0.493 e. The van der Waals surface area contributed by atoms with Gasteiger partial charge in [0.1, 0.15) is 11.6 Å². The van der Waals surface area contributed by atoms with Crippen molar-refractivity contribution in [1.29, 1.82) is 0 Å². The molecule has 0 bridgehead atoms. The van der Waals surface area contributed by atoms with Crippen LogP contribution in [0.3, 0.4) is 0 Å². The summed E-state index contributed by atoms with van der Waals surface area (Å²) in [6.45, 7) is 7.59. The van der Waals surface area contributed by atoms with Crippen LogP contribution in [0.1, 0.15) is 36.8 Å². The van der Waals surface area contributed by atoms with Crippen molar-refractivity contribution in [3.05, 3.63) is 23.3 Å². The predicted molar refractivity (Wildman–Crippen MR) is 109 cm³/mol. The molecule has 0 saturated carbocycles. The van der Waals surface area contributed by atoms with Gasteiger partial charge < -0.3 is 20.3 Å². The number of anilines is 2. The molecule has 5 heteroatoms. The van der Waals surface area contributed by atoms with Gasteiger partial charge in [-0.25, -0.2) is 4.98 Å². The lowest BCUT2D eigenvalue weighted by atomic mass is 9.99. The Morgan fingerprint density at radius 2 is 2.08 bits per heavy atom. The maximum absolute atomic E-state index is 6.11. The minimum atomic E-state index is 0.769. The normalized spacial score (nSPS) is 17.2. The number of benzene rings is 1. The molecule has 140 valence electrons. The van der Waals surface area contributed by atoms with E-state index in [1.807, 2.05) is 7.05 Å². The zero-order valence-electron chi connectivity index (χ0n) is 16.0. The molecule has 0 atom stereocenters. The number of ether oxygens (including phenoxy) is 1. The van der Waals surface area contributed by atoms with Crippen LogP contribution in [0, 0.1) is 6.92 Å². The van der Waals surface area contributed by atoms with Crippen LogP contribution in [0.15, 0.2) is 12.1 Å². The Balaban J connectivity index is 1.53. The zero-order chi connectivity index (χ0) is 17.9. The van der Waals surface area contributed by atoms with E-state index in [1.165, 1.54) is 48.1 Å². The second kappa shape index (κ2) is 7.70. The van der Waals surface area contributed by atoms with E-state index in [9.17, 15) is 0 Å². The van der Waals surface area contributed by atoms with E-state index in [4.69, 9.17) is 9.72 Å². The van der Waals surface area contributed by atoms with Crippen LogP contribution < -0.4 is 15.4 Å². The second-order valence-corrected chi connectivity index (χ2v) is 7.48. The first-order valence-corrected chi connectivity index (χ1v) is 10.0. The van der Waals surface area contributed by atoms with Gasteiger partial charge in [-0.15, -0.1) is 0 Å². The van der Waals surface area contributed by atoms with Crippen molar-refractivity contribution < 1.29 is 4.74 Å². The first-order valence-electron chi connectivity index (χ1n) is 10.0. The van der Waals surface area contributed by atoms with Crippen LogP contribution in [0.5, 0.6) is 5.75 Å². The number of pyridine rings is 1. The molecule has 0 spiro atoms. The number of aromatic nitrogens is 1. The number of hydrogen-bond acceptors (Lipinski definition) is 5. The first kappa shape index (κ1) is 17.4. The SMILES string of the molecule is CNc1nc2cc(OCCCN3CCCC3)c(C)cc2c2c1CCCN2. The highest BCUT2D eigenvalue weighted by Crippen LogP contribution is 2.37. The van der Waals surface area contributed by atoms with Crippen molar-refractivity contribution in [3.63, 3.8) is 0 Å². The summed E-state index contributed by atoms with van der Waals surface area (Å²) < 4.78 is 6.11. The largest absolute Gasteiger partial charge is 0.493 e. The number of hydrogen-bond donors (Lipinski definition) is 2. The van der Waals surface area contributed by atoms with Gasteiger partial charge in [-0.2, -0.15) is 0 Å². The van der Waals surface area contributed by atoms with Crippen LogP contribution in [0.25, 0.3) is 10.9 Å². The molecule has 0 amide bonds. The van der Waals surface area contributed by atoms with E-state index < -0.39 is 0 Å². The Morgan fingerprint density at radius 3 is 2.88 bits per heavy atom. The highest BCUT2D eigenvalue weighted by atomic mass is 16.5. The summed E-state index contributed by atoms with van der Waals surface area (Å²) in [6, 6.07) is 4.34. The Kier molecular flexibility index (Phi) is 5.16. The molecular weight excluding hydrogens is 324 g/mol. The van der Waals surface area contributed by atoms with Crippen molar-refractivity contribution >= 4 is 22.4 Å². The lowest BCUT2D eigenvalue weighted by Gasteiger charge is -2.23. The molecule has 3 heterocycles. The summed E-state index contributed by atoms with van der Waals surface area (Å²) in [5.74, 6) is 1.95. The Bertz CT molecular complexity index is 783. The van der Waals surface area contributed by atoms with E-state index in [-0.39, 0.29) is 0 Å². The van der Waals surface area contributed by atoms with Crippen LogP contribution >= 0.6 is 0 Å². The molecule has 0 unspecified atom stereocenters. The minimum absolute atomic E-state index is 0.769. The van der Waals surface area contributed by atoms with Gasteiger partial charge >= 0.3 is 0 Å². The summed E-state index contributed by atoms with van der Waals surface area (Å²) in [7, 11) is 1.95. The lowest BCUT2D eigenvalue weighted by Crippen LogP contribution is -2.22. The molecule has 1 saturated heterocycles. The molecule has 2 N–H and O–H groups in total. The van der Waals surface area contributed by atoms with Crippen molar-refractivity contribution in [2.75, 3.05) is 50.5 Å². The van der Waals surface area contributed by atoms with E-state index >= 15 is 0 Å². The van der Waals surface area contributed by atoms with Gasteiger partial charge in [-0.05, 0) is 63.7 Å². The number of aryl methyl sites for hydroxylation is 1. The fraction of sp³-hybridized carbons (Fsp3) is 0.571. The topological polar surface area (TPSA) is 49.4 Å². The molecule has 26 heavy (non-hydrogen) atoms. The summed E-state index contributed by atoms with van der Waals surface area (Å²) >= 11 is 0. The quantitative estimate of drug-likeness (QED) is 0.773. The van der Waals surface area contributed by atoms with E-state index in [1.54, 1.807) is 0 Å².